The number of fused-ring (bicyclic) bond motifs is 1. The molecule has 3 rings (SSSR count). The fourth-order valence-corrected chi connectivity index (χ4v) is 4.66. The summed E-state index contributed by atoms with van der Waals surface area (Å²) in [5, 5.41) is 7.42. The summed E-state index contributed by atoms with van der Waals surface area (Å²) >= 11 is 5.95. The number of benzene rings is 1. The number of nitrogens with zero attached hydrogens (tertiary/aromatic N) is 2. The highest BCUT2D eigenvalue weighted by Gasteiger charge is 2.30. The number of halogens is 1. The molecule has 0 aliphatic carbocycles. The Morgan fingerprint density at radius 3 is 2.83 bits per heavy atom. The van der Waals surface area contributed by atoms with Gasteiger partial charge in [0.2, 0.25) is 5.43 Å². The number of aryl methyl sites for hydroxylation is 1. The second kappa shape index (κ2) is 6.18. The molecule has 1 unspecified atom stereocenters. The molecule has 128 valence electrons. The molecule has 1 N–H and O–H groups in total. The average Bonchev–Trinajstić information content (AvgIpc) is 2.86. The molecule has 1 aromatic carbocycles. The maximum Gasteiger partial charge on any atom is 0.276 e. The standard InChI is InChI=1S/C15H16ClN3O4S/c1-2-19-12-4-3-9(16)7-11(12)14(20)13(18-19)15(21)17-10-5-6-24(22,23)8-10/h3-4,7,10H,2,5-6,8H2,1H3,(H,17,21). The van der Waals surface area contributed by atoms with Crippen LogP contribution in [-0.4, -0.2) is 41.7 Å². The molecule has 1 aliphatic rings. The number of carbonyl (C=O) groups excluding carboxylic acids is 1. The minimum absolute atomic E-state index is 0.0396. The van der Waals surface area contributed by atoms with E-state index in [0.717, 1.165) is 0 Å². The van der Waals surface area contributed by atoms with Gasteiger partial charge in [-0.3, -0.25) is 14.3 Å². The Balaban J connectivity index is 2.01. The van der Waals surface area contributed by atoms with Crippen LogP contribution in [0, 0.1) is 0 Å². The van der Waals surface area contributed by atoms with Gasteiger partial charge in [-0.1, -0.05) is 11.6 Å². The molecule has 7 nitrogen and oxygen atoms in total. The van der Waals surface area contributed by atoms with E-state index in [2.05, 4.69) is 10.4 Å². The van der Waals surface area contributed by atoms with Gasteiger partial charge in [-0.2, -0.15) is 5.10 Å². The van der Waals surface area contributed by atoms with Gasteiger partial charge in [0.05, 0.1) is 22.4 Å². The summed E-state index contributed by atoms with van der Waals surface area (Å²) in [7, 11) is -3.12. The zero-order valence-corrected chi connectivity index (χ0v) is 14.5. The number of hydrogen-bond acceptors (Lipinski definition) is 5. The molecule has 1 aliphatic heterocycles. The van der Waals surface area contributed by atoms with Crippen molar-refractivity contribution < 1.29 is 13.2 Å². The highest BCUT2D eigenvalue weighted by atomic mass is 35.5. The van der Waals surface area contributed by atoms with E-state index in [0.29, 0.717) is 28.9 Å². The van der Waals surface area contributed by atoms with Crippen LogP contribution in [0.5, 0.6) is 0 Å². The van der Waals surface area contributed by atoms with Crippen molar-refractivity contribution in [2.24, 2.45) is 0 Å². The second-order valence-electron chi connectivity index (χ2n) is 5.73. The van der Waals surface area contributed by atoms with Gasteiger partial charge in [0.1, 0.15) is 0 Å². The number of hydrogen-bond donors (Lipinski definition) is 1. The molecule has 0 spiro atoms. The quantitative estimate of drug-likeness (QED) is 0.869. The third-order valence-electron chi connectivity index (χ3n) is 4.00. The van der Waals surface area contributed by atoms with E-state index in [9.17, 15) is 18.0 Å². The highest BCUT2D eigenvalue weighted by Crippen LogP contribution is 2.17. The maximum absolute atomic E-state index is 12.6. The normalized spacial score (nSPS) is 19.5. The number of amides is 1. The van der Waals surface area contributed by atoms with Gasteiger partial charge in [0, 0.05) is 17.6 Å². The summed E-state index contributed by atoms with van der Waals surface area (Å²) in [4.78, 5) is 25.0. The Morgan fingerprint density at radius 1 is 1.46 bits per heavy atom. The average molecular weight is 370 g/mol. The van der Waals surface area contributed by atoms with Crippen LogP contribution in [-0.2, 0) is 16.4 Å². The number of carbonyl (C=O) groups is 1. The lowest BCUT2D eigenvalue weighted by Crippen LogP contribution is -2.39. The first kappa shape index (κ1) is 16.9. The molecule has 0 bridgehead atoms. The summed E-state index contributed by atoms with van der Waals surface area (Å²) in [6, 6.07) is 4.35. The van der Waals surface area contributed by atoms with Gasteiger partial charge in [-0.05, 0) is 31.5 Å². The van der Waals surface area contributed by atoms with E-state index in [4.69, 9.17) is 11.6 Å². The molecule has 0 saturated carbocycles. The molecular weight excluding hydrogens is 354 g/mol. The minimum Gasteiger partial charge on any atom is -0.347 e. The highest BCUT2D eigenvalue weighted by molar-refractivity contribution is 7.91. The molecule has 24 heavy (non-hydrogen) atoms. The van der Waals surface area contributed by atoms with Crippen LogP contribution in [0.4, 0.5) is 0 Å². The molecule has 2 heterocycles. The van der Waals surface area contributed by atoms with Gasteiger partial charge in [-0.25, -0.2) is 8.42 Å². The van der Waals surface area contributed by atoms with Gasteiger partial charge in [0.15, 0.2) is 15.5 Å². The Labute approximate surface area is 143 Å². The SMILES string of the molecule is CCn1nc(C(=O)NC2CCS(=O)(=O)C2)c(=O)c2cc(Cl)ccc21. The van der Waals surface area contributed by atoms with Gasteiger partial charge in [0.25, 0.3) is 5.91 Å². The lowest BCUT2D eigenvalue weighted by atomic mass is 10.2. The Morgan fingerprint density at radius 2 is 2.21 bits per heavy atom. The summed E-state index contributed by atoms with van der Waals surface area (Å²) in [6.07, 6.45) is 0.343. The summed E-state index contributed by atoms with van der Waals surface area (Å²) in [6.45, 7) is 2.31. The molecule has 1 saturated heterocycles. The third-order valence-corrected chi connectivity index (χ3v) is 6.00. The molecule has 1 atom stereocenters. The fourth-order valence-electron chi connectivity index (χ4n) is 2.81. The zero-order chi connectivity index (χ0) is 17.5. The number of rotatable bonds is 3. The topological polar surface area (TPSA) is 98.1 Å². The van der Waals surface area contributed by atoms with Crippen LogP contribution < -0.4 is 10.7 Å². The van der Waals surface area contributed by atoms with Crippen molar-refractivity contribution in [1.29, 1.82) is 0 Å². The van der Waals surface area contributed by atoms with Crippen molar-refractivity contribution in [3.63, 3.8) is 0 Å². The fraction of sp³-hybridized carbons (Fsp3) is 0.400. The van der Waals surface area contributed by atoms with E-state index in [1.807, 2.05) is 6.92 Å². The second-order valence-corrected chi connectivity index (χ2v) is 8.39. The molecular formula is C15H16ClN3O4S. The Kier molecular flexibility index (Phi) is 4.35. The summed E-state index contributed by atoms with van der Waals surface area (Å²) < 4.78 is 24.5. The van der Waals surface area contributed by atoms with Crippen molar-refractivity contribution in [2.45, 2.75) is 25.9 Å². The maximum atomic E-state index is 12.6. The lowest BCUT2D eigenvalue weighted by molar-refractivity contribution is 0.0933. The first-order valence-electron chi connectivity index (χ1n) is 7.52. The van der Waals surface area contributed by atoms with Crippen molar-refractivity contribution in [2.75, 3.05) is 11.5 Å². The smallest absolute Gasteiger partial charge is 0.276 e. The molecule has 1 amide bonds. The van der Waals surface area contributed by atoms with E-state index in [1.165, 1.54) is 6.07 Å². The Bertz CT molecular complexity index is 984. The van der Waals surface area contributed by atoms with Crippen molar-refractivity contribution in [1.82, 2.24) is 15.1 Å². The van der Waals surface area contributed by atoms with Crippen LogP contribution in [0.1, 0.15) is 23.8 Å². The Hall–Kier alpha value is -1.93. The first-order chi connectivity index (χ1) is 11.3. The molecule has 0 radical (unpaired) electrons. The summed E-state index contributed by atoms with van der Waals surface area (Å²) in [5.41, 5.74) is -0.182. The lowest BCUT2D eigenvalue weighted by Gasteiger charge is -2.13. The van der Waals surface area contributed by atoms with Crippen LogP contribution >= 0.6 is 11.6 Å². The van der Waals surface area contributed by atoms with E-state index < -0.39 is 27.2 Å². The molecule has 2 aromatic rings. The van der Waals surface area contributed by atoms with E-state index in [1.54, 1.807) is 16.8 Å². The third kappa shape index (κ3) is 3.16. The number of sulfone groups is 1. The molecule has 1 fully saturated rings. The monoisotopic (exact) mass is 369 g/mol. The zero-order valence-electron chi connectivity index (χ0n) is 13.0. The number of nitrogens with one attached hydrogen (secondary N) is 1. The summed E-state index contributed by atoms with van der Waals surface area (Å²) in [5.74, 6) is -0.732. The van der Waals surface area contributed by atoms with Crippen molar-refractivity contribution in [3.05, 3.63) is 39.1 Å². The molecule has 1 aromatic heterocycles. The minimum atomic E-state index is -3.12. The predicted molar refractivity (Wildman–Crippen MR) is 91.2 cm³/mol. The van der Waals surface area contributed by atoms with E-state index in [-0.39, 0.29) is 17.2 Å². The largest absolute Gasteiger partial charge is 0.347 e. The molecule has 9 heteroatoms. The van der Waals surface area contributed by atoms with E-state index >= 15 is 0 Å². The van der Waals surface area contributed by atoms with Gasteiger partial charge in [-0.15, -0.1) is 0 Å². The first-order valence-corrected chi connectivity index (χ1v) is 9.72. The van der Waals surface area contributed by atoms with Gasteiger partial charge < -0.3 is 5.32 Å². The number of aromatic nitrogens is 2. The van der Waals surface area contributed by atoms with Crippen LogP contribution in [0.2, 0.25) is 5.02 Å². The van der Waals surface area contributed by atoms with Crippen LogP contribution in [0.25, 0.3) is 10.9 Å². The van der Waals surface area contributed by atoms with Crippen LogP contribution in [0.3, 0.4) is 0 Å². The van der Waals surface area contributed by atoms with Crippen molar-refractivity contribution in [3.8, 4) is 0 Å². The van der Waals surface area contributed by atoms with Gasteiger partial charge >= 0.3 is 0 Å². The van der Waals surface area contributed by atoms with Crippen LogP contribution in [0.15, 0.2) is 23.0 Å². The van der Waals surface area contributed by atoms with Crippen molar-refractivity contribution >= 4 is 38.2 Å². The predicted octanol–water partition coefficient (Wildman–Crippen LogP) is 0.987.